The Labute approximate surface area is 165 Å². The van der Waals surface area contributed by atoms with Gasteiger partial charge in [0.2, 0.25) is 5.95 Å². The van der Waals surface area contributed by atoms with E-state index in [0.29, 0.717) is 17.4 Å². The van der Waals surface area contributed by atoms with E-state index in [0.717, 1.165) is 17.1 Å². The van der Waals surface area contributed by atoms with Crippen molar-refractivity contribution in [1.29, 1.82) is 0 Å². The van der Waals surface area contributed by atoms with E-state index in [1.54, 1.807) is 0 Å². The van der Waals surface area contributed by atoms with Crippen molar-refractivity contribution in [3.8, 4) is 0 Å². The molecule has 1 amide bonds. The fraction of sp³-hybridized carbons (Fsp3) is 0.227. The quantitative estimate of drug-likeness (QED) is 0.656. The molecule has 0 aliphatic rings. The van der Waals surface area contributed by atoms with Crippen LogP contribution in [0, 0.1) is 0 Å². The molecule has 0 aliphatic heterocycles. The highest BCUT2D eigenvalue weighted by atomic mass is 16.1. The molecule has 0 bridgehead atoms. The summed E-state index contributed by atoms with van der Waals surface area (Å²) in [6.45, 7) is 4.32. The van der Waals surface area contributed by atoms with Gasteiger partial charge in [0, 0.05) is 43.6 Å². The zero-order valence-corrected chi connectivity index (χ0v) is 16.6. The number of amides is 1. The van der Waals surface area contributed by atoms with E-state index in [-0.39, 0.29) is 5.91 Å². The van der Waals surface area contributed by atoms with E-state index in [2.05, 4.69) is 46.6 Å². The first-order chi connectivity index (χ1) is 13.4. The van der Waals surface area contributed by atoms with E-state index in [9.17, 15) is 4.79 Å². The van der Waals surface area contributed by atoms with Crippen LogP contribution in [0.15, 0.2) is 60.9 Å². The van der Waals surface area contributed by atoms with Crippen LogP contribution in [-0.4, -0.2) is 30.0 Å². The summed E-state index contributed by atoms with van der Waals surface area (Å²) in [5.41, 5.74) is 4.37. The number of aromatic nitrogens is 2. The molecule has 0 unspecified atom stereocenters. The normalized spacial score (nSPS) is 10.6. The highest BCUT2D eigenvalue weighted by Crippen LogP contribution is 2.19. The zero-order valence-electron chi connectivity index (χ0n) is 16.6. The largest absolute Gasteiger partial charge is 0.378 e. The number of nitrogens with zero attached hydrogens (tertiary/aromatic N) is 3. The average molecular weight is 375 g/mol. The molecular weight excluding hydrogens is 350 g/mol. The Bertz CT molecular complexity index is 917. The standard InChI is InChI=1S/C22H25N5O/c1-15(2)16-5-7-19(8-6-16)26-22-23-13-17(14-24-22)21(28)25-18-9-11-20(12-10-18)27(3)4/h5-15H,1-4H3,(H,25,28)(H,23,24,26). The van der Waals surface area contributed by atoms with Crippen LogP contribution in [0.5, 0.6) is 0 Å². The third-order valence-corrected chi connectivity index (χ3v) is 4.39. The molecule has 144 valence electrons. The van der Waals surface area contributed by atoms with E-state index >= 15 is 0 Å². The number of carbonyl (C=O) groups excluding carboxylic acids is 1. The molecule has 0 radical (unpaired) electrons. The Kier molecular flexibility index (Phi) is 5.89. The molecule has 0 saturated heterocycles. The lowest BCUT2D eigenvalue weighted by atomic mass is 10.0. The summed E-state index contributed by atoms with van der Waals surface area (Å²) in [6.07, 6.45) is 3.03. The number of hydrogen-bond donors (Lipinski definition) is 2. The molecule has 0 saturated carbocycles. The second-order valence-electron chi connectivity index (χ2n) is 7.09. The number of benzene rings is 2. The van der Waals surface area contributed by atoms with Crippen LogP contribution in [0.2, 0.25) is 0 Å². The number of carbonyl (C=O) groups is 1. The first kappa shape index (κ1) is 19.4. The minimum atomic E-state index is -0.245. The molecular formula is C22H25N5O. The maximum atomic E-state index is 12.4. The Morgan fingerprint density at radius 3 is 2.00 bits per heavy atom. The molecule has 0 aliphatic carbocycles. The van der Waals surface area contributed by atoms with Gasteiger partial charge in [-0.25, -0.2) is 9.97 Å². The van der Waals surface area contributed by atoms with Gasteiger partial charge in [0.15, 0.2) is 0 Å². The number of nitrogens with one attached hydrogen (secondary N) is 2. The molecule has 6 heteroatoms. The van der Waals surface area contributed by atoms with Crippen LogP contribution < -0.4 is 15.5 Å². The van der Waals surface area contributed by atoms with Crippen LogP contribution >= 0.6 is 0 Å². The lowest BCUT2D eigenvalue weighted by Gasteiger charge is -2.13. The Hall–Kier alpha value is -3.41. The maximum Gasteiger partial charge on any atom is 0.258 e. The summed E-state index contributed by atoms with van der Waals surface area (Å²) < 4.78 is 0. The molecule has 2 N–H and O–H groups in total. The van der Waals surface area contributed by atoms with Crippen molar-refractivity contribution >= 4 is 28.9 Å². The predicted octanol–water partition coefficient (Wildman–Crippen LogP) is 4.66. The molecule has 0 spiro atoms. The lowest BCUT2D eigenvalue weighted by molar-refractivity contribution is 0.102. The summed E-state index contributed by atoms with van der Waals surface area (Å²) in [4.78, 5) is 22.9. The molecule has 3 aromatic rings. The van der Waals surface area contributed by atoms with E-state index in [4.69, 9.17) is 0 Å². The third-order valence-electron chi connectivity index (χ3n) is 4.39. The fourth-order valence-corrected chi connectivity index (χ4v) is 2.64. The third kappa shape index (κ3) is 4.85. The van der Waals surface area contributed by atoms with Crippen LogP contribution in [0.3, 0.4) is 0 Å². The van der Waals surface area contributed by atoms with Gasteiger partial charge in [-0.1, -0.05) is 26.0 Å². The van der Waals surface area contributed by atoms with Crippen LogP contribution in [0.4, 0.5) is 23.0 Å². The van der Waals surface area contributed by atoms with Crippen molar-refractivity contribution in [2.24, 2.45) is 0 Å². The minimum Gasteiger partial charge on any atom is -0.378 e. The van der Waals surface area contributed by atoms with Crippen molar-refractivity contribution in [1.82, 2.24) is 9.97 Å². The molecule has 0 fully saturated rings. The van der Waals surface area contributed by atoms with Crippen LogP contribution in [0.1, 0.15) is 35.7 Å². The fourth-order valence-electron chi connectivity index (χ4n) is 2.64. The summed E-state index contributed by atoms with van der Waals surface area (Å²) in [7, 11) is 3.94. The number of anilines is 4. The van der Waals surface area contributed by atoms with Gasteiger partial charge in [-0.15, -0.1) is 0 Å². The predicted molar refractivity (Wildman–Crippen MR) is 115 cm³/mol. The zero-order chi connectivity index (χ0) is 20.1. The van der Waals surface area contributed by atoms with Crippen molar-refractivity contribution in [2.75, 3.05) is 29.6 Å². The van der Waals surface area contributed by atoms with Crippen LogP contribution in [-0.2, 0) is 0 Å². The topological polar surface area (TPSA) is 70.2 Å². The second kappa shape index (κ2) is 8.52. The van der Waals surface area contributed by atoms with Gasteiger partial charge in [-0.3, -0.25) is 4.79 Å². The average Bonchev–Trinajstić information content (AvgIpc) is 2.69. The van der Waals surface area contributed by atoms with Crippen molar-refractivity contribution < 1.29 is 4.79 Å². The number of hydrogen-bond acceptors (Lipinski definition) is 5. The van der Waals surface area contributed by atoms with Gasteiger partial charge in [0.25, 0.3) is 5.91 Å². The molecule has 2 aromatic carbocycles. The monoisotopic (exact) mass is 375 g/mol. The first-order valence-corrected chi connectivity index (χ1v) is 9.20. The molecule has 1 aromatic heterocycles. The Balaban J connectivity index is 1.62. The van der Waals surface area contributed by atoms with E-state index in [1.165, 1.54) is 18.0 Å². The summed E-state index contributed by atoms with van der Waals surface area (Å²) >= 11 is 0. The summed E-state index contributed by atoms with van der Waals surface area (Å²) in [5, 5.41) is 6.00. The van der Waals surface area contributed by atoms with E-state index < -0.39 is 0 Å². The molecule has 6 nitrogen and oxygen atoms in total. The SMILES string of the molecule is CC(C)c1ccc(Nc2ncc(C(=O)Nc3ccc(N(C)C)cc3)cn2)cc1. The second-order valence-corrected chi connectivity index (χ2v) is 7.09. The summed E-state index contributed by atoms with van der Waals surface area (Å²) in [6, 6.07) is 15.8. The van der Waals surface area contributed by atoms with Gasteiger partial charge in [0.05, 0.1) is 5.56 Å². The van der Waals surface area contributed by atoms with Crippen molar-refractivity contribution in [3.05, 3.63) is 72.1 Å². The lowest BCUT2D eigenvalue weighted by Crippen LogP contribution is -2.13. The maximum absolute atomic E-state index is 12.4. The Morgan fingerprint density at radius 1 is 0.893 bits per heavy atom. The van der Waals surface area contributed by atoms with Gasteiger partial charge >= 0.3 is 0 Å². The number of rotatable bonds is 6. The molecule has 0 atom stereocenters. The van der Waals surface area contributed by atoms with Gasteiger partial charge < -0.3 is 15.5 Å². The van der Waals surface area contributed by atoms with Crippen molar-refractivity contribution in [2.45, 2.75) is 19.8 Å². The Morgan fingerprint density at radius 2 is 1.46 bits per heavy atom. The van der Waals surface area contributed by atoms with Gasteiger partial charge in [-0.05, 0) is 47.9 Å². The molecule has 28 heavy (non-hydrogen) atoms. The molecule has 3 rings (SSSR count). The highest BCUT2D eigenvalue weighted by molar-refractivity contribution is 6.04. The van der Waals surface area contributed by atoms with E-state index in [1.807, 2.05) is 55.4 Å². The minimum absolute atomic E-state index is 0.245. The van der Waals surface area contributed by atoms with Gasteiger partial charge in [-0.2, -0.15) is 0 Å². The summed E-state index contributed by atoms with van der Waals surface area (Å²) in [5.74, 6) is 0.691. The first-order valence-electron chi connectivity index (χ1n) is 9.20. The van der Waals surface area contributed by atoms with Crippen molar-refractivity contribution in [3.63, 3.8) is 0 Å². The van der Waals surface area contributed by atoms with Gasteiger partial charge in [0.1, 0.15) is 0 Å². The molecule has 1 heterocycles. The highest BCUT2D eigenvalue weighted by Gasteiger charge is 2.08. The smallest absolute Gasteiger partial charge is 0.258 e. The van der Waals surface area contributed by atoms with Crippen LogP contribution in [0.25, 0.3) is 0 Å².